The van der Waals surface area contributed by atoms with E-state index in [1.54, 1.807) is 12.1 Å². The van der Waals surface area contributed by atoms with Crippen LogP contribution in [0, 0.1) is 19.7 Å². The largest absolute Gasteiger partial charge is 0.396 e. The van der Waals surface area contributed by atoms with Crippen LogP contribution in [0.25, 0.3) is 0 Å². The zero-order chi connectivity index (χ0) is 12.4. The van der Waals surface area contributed by atoms with E-state index in [4.69, 9.17) is 5.73 Å². The number of pyridine rings is 1. The van der Waals surface area contributed by atoms with Crippen LogP contribution in [0.1, 0.15) is 11.3 Å². The van der Waals surface area contributed by atoms with Gasteiger partial charge >= 0.3 is 0 Å². The molecule has 0 atom stereocenters. The molecule has 0 unspecified atom stereocenters. The number of aryl methyl sites for hydroxylation is 2. The zero-order valence-electron chi connectivity index (χ0n) is 9.79. The van der Waals surface area contributed by atoms with E-state index in [2.05, 4.69) is 10.3 Å². The van der Waals surface area contributed by atoms with Crippen LogP contribution in [0.4, 0.5) is 21.6 Å². The van der Waals surface area contributed by atoms with E-state index in [0.29, 0.717) is 11.5 Å². The Hall–Kier alpha value is -2.10. The Morgan fingerprint density at radius 1 is 1.18 bits per heavy atom. The third kappa shape index (κ3) is 2.53. The van der Waals surface area contributed by atoms with Gasteiger partial charge in [-0.3, -0.25) is 0 Å². The molecule has 4 heteroatoms. The number of nitrogens with zero attached hydrogens (tertiary/aromatic N) is 1. The van der Waals surface area contributed by atoms with Crippen molar-refractivity contribution in [2.75, 3.05) is 11.1 Å². The number of anilines is 3. The maximum atomic E-state index is 13.0. The molecule has 3 nitrogen and oxygen atoms in total. The van der Waals surface area contributed by atoms with Gasteiger partial charge in [0.05, 0.1) is 5.69 Å². The van der Waals surface area contributed by atoms with Gasteiger partial charge in [0.1, 0.15) is 5.82 Å². The van der Waals surface area contributed by atoms with Crippen LogP contribution >= 0.6 is 0 Å². The highest BCUT2D eigenvalue weighted by Crippen LogP contribution is 2.24. The normalized spacial score (nSPS) is 10.3. The van der Waals surface area contributed by atoms with Crippen LogP contribution in [0.15, 0.2) is 30.3 Å². The molecular weight excluding hydrogens is 217 g/mol. The Morgan fingerprint density at radius 2 is 1.94 bits per heavy atom. The number of nitrogen functional groups attached to an aromatic ring is 1. The minimum absolute atomic E-state index is 0.252. The van der Waals surface area contributed by atoms with Crippen LogP contribution in [0.2, 0.25) is 0 Å². The third-order valence-electron chi connectivity index (χ3n) is 2.51. The lowest BCUT2D eigenvalue weighted by Crippen LogP contribution is -2.01. The van der Waals surface area contributed by atoms with Crippen molar-refractivity contribution in [3.63, 3.8) is 0 Å². The molecule has 0 spiro atoms. The van der Waals surface area contributed by atoms with Crippen molar-refractivity contribution >= 4 is 17.2 Å². The quantitative estimate of drug-likeness (QED) is 0.834. The number of hydrogen-bond donors (Lipinski definition) is 2. The molecule has 0 saturated carbocycles. The van der Waals surface area contributed by atoms with E-state index in [-0.39, 0.29) is 5.82 Å². The van der Waals surface area contributed by atoms with Gasteiger partial charge in [0.15, 0.2) is 5.82 Å². The molecule has 1 aromatic heterocycles. The number of rotatable bonds is 2. The van der Waals surface area contributed by atoms with Crippen molar-refractivity contribution in [2.45, 2.75) is 13.8 Å². The number of nitrogens with one attached hydrogen (secondary N) is 1. The van der Waals surface area contributed by atoms with Gasteiger partial charge in [-0.05, 0) is 49.7 Å². The fourth-order valence-corrected chi connectivity index (χ4v) is 1.56. The van der Waals surface area contributed by atoms with Crippen molar-refractivity contribution in [3.8, 4) is 0 Å². The lowest BCUT2D eigenvalue weighted by Gasteiger charge is -2.11. The topological polar surface area (TPSA) is 50.9 Å². The van der Waals surface area contributed by atoms with Gasteiger partial charge in [0, 0.05) is 11.4 Å². The van der Waals surface area contributed by atoms with Crippen LogP contribution in [0.3, 0.4) is 0 Å². The van der Waals surface area contributed by atoms with Gasteiger partial charge in [-0.2, -0.15) is 0 Å². The summed E-state index contributed by atoms with van der Waals surface area (Å²) < 4.78 is 13.0. The second-order valence-corrected chi connectivity index (χ2v) is 3.97. The van der Waals surface area contributed by atoms with Crippen molar-refractivity contribution in [1.29, 1.82) is 0 Å². The average molecular weight is 231 g/mol. The van der Waals surface area contributed by atoms with Crippen LogP contribution < -0.4 is 11.1 Å². The standard InChI is InChI=1S/C13H14FN3/c1-8-7-10(14)4-6-12(8)17-13-11(15)5-3-9(2)16-13/h3-7H,15H2,1-2H3,(H,16,17). The molecule has 1 aromatic carbocycles. The highest BCUT2D eigenvalue weighted by molar-refractivity contribution is 5.70. The van der Waals surface area contributed by atoms with E-state index < -0.39 is 0 Å². The number of nitrogens with two attached hydrogens (primary N) is 1. The summed E-state index contributed by atoms with van der Waals surface area (Å²) in [4.78, 5) is 4.30. The smallest absolute Gasteiger partial charge is 0.153 e. The average Bonchev–Trinajstić information content (AvgIpc) is 2.27. The molecule has 17 heavy (non-hydrogen) atoms. The first kappa shape index (κ1) is 11.4. The van der Waals surface area contributed by atoms with Crippen molar-refractivity contribution in [2.24, 2.45) is 0 Å². The fraction of sp³-hybridized carbons (Fsp3) is 0.154. The van der Waals surface area contributed by atoms with Gasteiger partial charge in [0.2, 0.25) is 0 Å². The zero-order valence-corrected chi connectivity index (χ0v) is 9.79. The molecule has 2 aromatic rings. The number of halogens is 1. The maximum Gasteiger partial charge on any atom is 0.153 e. The Morgan fingerprint density at radius 3 is 2.65 bits per heavy atom. The fourth-order valence-electron chi connectivity index (χ4n) is 1.56. The minimum atomic E-state index is -0.252. The van der Waals surface area contributed by atoms with E-state index in [1.165, 1.54) is 12.1 Å². The monoisotopic (exact) mass is 231 g/mol. The predicted octanol–water partition coefficient (Wildman–Crippen LogP) is 3.16. The summed E-state index contributed by atoms with van der Waals surface area (Å²) in [5.74, 6) is 0.345. The molecule has 3 N–H and O–H groups in total. The highest BCUT2D eigenvalue weighted by atomic mass is 19.1. The minimum Gasteiger partial charge on any atom is -0.396 e. The molecule has 0 aliphatic heterocycles. The molecule has 2 rings (SSSR count). The second-order valence-electron chi connectivity index (χ2n) is 3.97. The van der Waals surface area contributed by atoms with Gasteiger partial charge in [-0.1, -0.05) is 0 Å². The first-order chi connectivity index (χ1) is 8.06. The Balaban J connectivity index is 2.34. The van der Waals surface area contributed by atoms with E-state index >= 15 is 0 Å². The molecule has 0 bridgehead atoms. The first-order valence-electron chi connectivity index (χ1n) is 5.32. The van der Waals surface area contributed by atoms with Crippen molar-refractivity contribution in [1.82, 2.24) is 4.98 Å². The summed E-state index contributed by atoms with van der Waals surface area (Å²) in [6.45, 7) is 3.72. The summed E-state index contributed by atoms with van der Waals surface area (Å²) in [5.41, 5.74) is 8.88. The summed E-state index contributed by atoms with van der Waals surface area (Å²) in [6.07, 6.45) is 0. The molecule has 0 fully saturated rings. The number of benzene rings is 1. The van der Waals surface area contributed by atoms with E-state index in [0.717, 1.165) is 16.9 Å². The molecule has 0 aliphatic carbocycles. The summed E-state index contributed by atoms with van der Waals surface area (Å²) in [5, 5.41) is 3.11. The van der Waals surface area contributed by atoms with E-state index in [1.807, 2.05) is 19.9 Å². The molecule has 0 radical (unpaired) electrons. The summed E-state index contributed by atoms with van der Waals surface area (Å²) in [7, 11) is 0. The van der Waals surface area contributed by atoms with Crippen molar-refractivity contribution in [3.05, 3.63) is 47.4 Å². The maximum absolute atomic E-state index is 13.0. The van der Waals surface area contributed by atoms with E-state index in [9.17, 15) is 4.39 Å². The van der Waals surface area contributed by atoms with Gasteiger partial charge in [-0.15, -0.1) is 0 Å². The molecule has 0 amide bonds. The molecule has 88 valence electrons. The third-order valence-corrected chi connectivity index (χ3v) is 2.51. The molecular formula is C13H14FN3. The molecule has 1 heterocycles. The Labute approximate surface area is 99.5 Å². The highest BCUT2D eigenvalue weighted by Gasteiger charge is 2.04. The summed E-state index contributed by atoms with van der Waals surface area (Å²) in [6, 6.07) is 8.19. The van der Waals surface area contributed by atoms with Crippen molar-refractivity contribution < 1.29 is 4.39 Å². The van der Waals surface area contributed by atoms with Crippen LogP contribution in [0.5, 0.6) is 0 Å². The van der Waals surface area contributed by atoms with Crippen LogP contribution in [-0.2, 0) is 0 Å². The number of hydrogen-bond acceptors (Lipinski definition) is 3. The SMILES string of the molecule is Cc1ccc(N)c(Nc2ccc(F)cc2C)n1. The lowest BCUT2D eigenvalue weighted by molar-refractivity contribution is 0.627. The predicted molar refractivity (Wildman–Crippen MR) is 67.8 cm³/mol. The summed E-state index contributed by atoms with van der Waals surface area (Å²) >= 11 is 0. The molecule has 0 aliphatic rings. The second kappa shape index (κ2) is 4.41. The van der Waals surface area contributed by atoms with Gasteiger partial charge < -0.3 is 11.1 Å². The lowest BCUT2D eigenvalue weighted by atomic mass is 10.2. The first-order valence-corrected chi connectivity index (χ1v) is 5.32. The Bertz CT molecular complexity index is 552. The number of aromatic nitrogens is 1. The molecule has 0 saturated heterocycles. The van der Waals surface area contributed by atoms with Gasteiger partial charge in [0.25, 0.3) is 0 Å². The van der Waals surface area contributed by atoms with Gasteiger partial charge in [-0.25, -0.2) is 9.37 Å². The van der Waals surface area contributed by atoms with Crippen LogP contribution in [-0.4, -0.2) is 4.98 Å². The Kier molecular flexibility index (Phi) is 2.95.